The first-order valence-corrected chi connectivity index (χ1v) is 25.4. The van der Waals surface area contributed by atoms with Gasteiger partial charge in [0.25, 0.3) is 0 Å². The van der Waals surface area contributed by atoms with Gasteiger partial charge in [-0.3, -0.25) is 0 Å². The van der Waals surface area contributed by atoms with Crippen LogP contribution >= 0.6 is 0 Å². The van der Waals surface area contributed by atoms with Gasteiger partial charge < -0.3 is 23.2 Å². The van der Waals surface area contributed by atoms with Crippen molar-refractivity contribution in [2.75, 3.05) is 36.0 Å². The zero-order valence-corrected chi connectivity index (χ0v) is 42.0. The normalized spacial score (nSPS) is 18.4. The van der Waals surface area contributed by atoms with Crippen LogP contribution in [0.15, 0.2) is 128 Å². The molecule has 7 nitrogen and oxygen atoms in total. The summed E-state index contributed by atoms with van der Waals surface area (Å²) in [7, 11) is 2.13. The Labute approximate surface area is 409 Å². The highest BCUT2D eigenvalue weighted by Crippen LogP contribution is 2.54. The molecule has 0 spiro atoms. The van der Waals surface area contributed by atoms with Crippen molar-refractivity contribution < 1.29 is 8.83 Å². The molecule has 3 aromatic heterocycles. The Morgan fingerprint density at radius 2 is 0.829 bits per heavy atom. The van der Waals surface area contributed by atoms with E-state index in [1.807, 2.05) is 12.1 Å². The van der Waals surface area contributed by atoms with Crippen molar-refractivity contribution in [2.24, 2.45) is 7.05 Å². The Kier molecular flexibility index (Phi) is 9.01. The van der Waals surface area contributed by atoms with Crippen LogP contribution in [-0.4, -0.2) is 30.7 Å². The molecule has 13 rings (SSSR count). The summed E-state index contributed by atoms with van der Waals surface area (Å²) in [5, 5.41) is 4.31. The maximum absolute atomic E-state index is 14.1. The van der Waals surface area contributed by atoms with Gasteiger partial charge in [0.1, 0.15) is 11.2 Å². The third-order valence-corrected chi connectivity index (χ3v) is 17.5. The second-order valence-electron chi connectivity index (χ2n) is 23.7. The minimum atomic E-state index is -0.304. The Balaban J connectivity index is 0.852. The molecular weight excluding hydrogens is 863 g/mol. The maximum Gasteiger partial charge on any atom is 0.344 e. The number of hydrogen-bond donors (Lipinski definition) is 0. The van der Waals surface area contributed by atoms with Crippen LogP contribution in [0.1, 0.15) is 103 Å². The van der Waals surface area contributed by atoms with Crippen molar-refractivity contribution in [2.45, 2.75) is 103 Å². The van der Waals surface area contributed by atoms with Crippen molar-refractivity contribution in [1.29, 1.82) is 0 Å². The Morgan fingerprint density at radius 1 is 0.429 bits per heavy atom. The molecule has 0 aliphatic carbocycles. The monoisotopic (exact) mass is 923 g/mol. The van der Waals surface area contributed by atoms with Crippen LogP contribution in [0.25, 0.3) is 88.3 Å². The number of benzene rings is 6. The lowest BCUT2D eigenvalue weighted by Crippen LogP contribution is -2.44. The van der Waals surface area contributed by atoms with Crippen LogP contribution < -0.4 is 21.1 Å². The largest absolute Gasteiger partial charge is 0.422 e. The van der Waals surface area contributed by atoms with Crippen LogP contribution in [0.3, 0.4) is 0 Å². The molecule has 6 aromatic carbocycles. The minimum Gasteiger partial charge on any atom is -0.422 e. The third-order valence-electron chi connectivity index (χ3n) is 17.5. The first-order chi connectivity index (χ1) is 33.4. The van der Waals surface area contributed by atoms with Gasteiger partial charge in [0, 0.05) is 88.3 Å². The quantitative estimate of drug-likeness (QED) is 0.164. The highest BCUT2D eigenvalue weighted by Gasteiger charge is 2.44. The van der Waals surface area contributed by atoms with Gasteiger partial charge >= 0.3 is 11.3 Å². The van der Waals surface area contributed by atoms with Gasteiger partial charge in [-0.15, -0.1) is 0 Å². The molecule has 0 atom stereocenters. The summed E-state index contributed by atoms with van der Waals surface area (Å²) in [6.07, 6.45) is 4.25. The SMILES string of the molecule is Cn1c2ccc(-c3ccc(-c4cc5cc6c7c(c5oc4=O)C(C)(C)CCN7CCC6(C)C)cc3)cc2c2cc(-c3cccc(-c4cc5cc6c7c(c5oc4=O)C(C)(C)CCN7CCC6(C)C)c3)ccc21. The van der Waals surface area contributed by atoms with E-state index in [4.69, 9.17) is 8.83 Å². The standard InChI is InChI=1S/C63H61N3O4/c1-60(2)21-25-65-27-23-62(5,6)52-54(65)48(60)34-42-32-44(58(67)69-56(42)52)37-15-13-36(14-16-37)39-17-19-50-46(30-39)47-31-40(18-20-51(47)64(50)9)38-11-10-12-41(29-38)45-33-43-35-49-55-53(57(43)70-59(45)68)63(7,8)24-28-66(55)26-22-61(49,3)4/h10-20,29-35H,21-28H2,1-9H3. The summed E-state index contributed by atoms with van der Waals surface area (Å²) >= 11 is 0. The van der Waals surface area contributed by atoms with Crippen LogP contribution in [0, 0.1) is 0 Å². The summed E-state index contributed by atoms with van der Waals surface area (Å²) < 4.78 is 15.0. The fourth-order valence-electron chi connectivity index (χ4n) is 13.0. The molecule has 70 heavy (non-hydrogen) atoms. The van der Waals surface area contributed by atoms with Gasteiger partial charge in [0.05, 0.1) is 11.1 Å². The number of aryl methyl sites for hydroxylation is 1. The van der Waals surface area contributed by atoms with Crippen molar-refractivity contribution >= 4 is 55.1 Å². The molecule has 9 aromatic rings. The molecule has 7 heteroatoms. The van der Waals surface area contributed by atoms with Gasteiger partial charge in [-0.05, 0) is 146 Å². The Hall–Kier alpha value is -6.86. The number of aromatic nitrogens is 1. The van der Waals surface area contributed by atoms with Crippen LogP contribution in [0.4, 0.5) is 11.4 Å². The Morgan fingerprint density at radius 3 is 1.33 bits per heavy atom. The van der Waals surface area contributed by atoms with Gasteiger partial charge in [0.2, 0.25) is 0 Å². The molecule has 0 saturated carbocycles. The van der Waals surface area contributed by atoms with Crippen LogP contribution in [0.2, 0.25) is 0 Å². The summed E-state index contributed by atoms with van der Waals surface area (Å²) in [5.41, 5.74) is 17.8. The molecule has 7 heterocycles. The molecule has 0 bridgehead atoms. The molecule has 0 fully saturated rings. The van der Waals surface area contributed by atoms with Gasteiger partial charge in [0.15, 0.2) is 0 Å². The van der Waals surface area contributed by atoms with Crippen LogP contribution in [0.5, 0.6) is 0 Å². The summed E-state index contributed by atoms with van der Waals surface area (Å²) in [6, 6.07) is 38.7. The predicted molar refractivity (Wildman–Crippen MR) is 289 cm³/mol. The third kappa shape index (κ3) is 6.31. The fraction of sp³-hybridized carbons (Fsp3) is 0.333. The molecule has 0 radical (unpaired) electrons. The maximum atomic E-state index is 14.1. The molecule has 0 N–H and O–H groups in total. The van der Waals surface area contributed by atoms with Gasteiger partial charge in [-0.2, -0.15) is 0 Å². The molecule has 0 amide bonds. The minimum absolute atomic E-state index is 0.0246. The molecule has 4 aliphatic heterocycles. The van der Waals surface area contributed by atoms with E-state index in [1.54, 1.807) is 0 Å². The van der Waals surface area contributed by atoms with E-state index >= 15 is 0 Å². The van der Waals surface area contributed by atoms with Crippen LogP contribution in [-0.2, 0) is 28.7 Å². The van der Waals surface area contributed by atoms with E-state index in [1.165, 1.54) is 33.6 Å². The van der Waals surface area contributed by atoms with Crippen molar-refractivity contribution in [3.05, 3.63) is 152 Å². The van der Waals surface area contributed by atoms with Crippen molar-refractivity contribution in [3.63, 3.8) is 0 Å². The van der Waals surface area contributed by atoms with E-state index in [2.05, 4.69) is 174 Å². The fourth-order valence-corrected chi connectivity index (χ4v) is 13.0. The van der Waals surface area contributed by atoms with Gasteiger partial charge in [-0.25, -0.2) is 9.59 Å². The number of hydrogen-bond acceptors (Lipinski definition) is 6. The van der Waals surface area contributed by atoms with E-state index in [0.717, 1.165) is 129 Å². The average Bonchev–Trinajstić information content (AvgIpc) is 3.61. The zero-order chi connectivity index (χ0) is 48.4. The van der Waals surface area contributed by atoms with E-state index in [0.29, 0.717) is 11.1 Å². The number of nitrogens with zero attached hydrogens (tertiary/aromatic N) is 3. The topological polar surface area (TPSA) is 71.8 Å². The highest BCUT2D eigenvalue weighted by atomic mass is 16.4. The lowest BCUT2D eigenvalue weighted by atomic mass is 9.69. The van der Waals surface area contributed by atoms with Crippen molar-refractivity contribution in [1.82, 2.24) is 4.57 Å². The highest BCUT2D eigenvalue weighted by molar-refractivity contribution is 6.10. The molecule has 0 unspecified atom stereocenters. The summed E-state index contributed by atoms with van der Waals surface area (Å²) in [5.74, 6) is 0. The lowest BCUT2D eigenvalue weighted by molar-refractivity contribution is 0.398. The first-order valence-electron chi connectivity index (χ1n) is 25.4. The smallest absolute Gasteiger partial charge is 0.344 e. The zero-order valence-electron chi connectivity index (χ0n) is 42.0. The second kappa shape index (κ2) is 14.6. The van der Waals surface area contributed by atoms with E-state index < -0.39 is 0 Å². The van der Waals surface area contributed by atoms with Gasteiger partial charge in [-0.1, -0.05) is 110 Å². The second-order valence-corrected chi connectivity index (χ2v) is 23.7. The summed E-state index contributed by atoms with van der Waals surface area (Å²) in [6.45, 7) is 22.7. The molecule has 0 saturated heterocycles. The number of fused-ring (bicyclic) bond motifs is 7. The van der Waals surface area contributed by atoms with E-state index in [9.17, 15) is 9.59 Å². The van der Waals surface area contributed by atoms with E-state index in [-0.39, 0.29) is 32.9 Å². The number of rotatable bonds is 4. The molecule has 352 valence electrons. The lowest BCUT2D eigenvalue weighted by Gasteiger charge is -2.48. The molecule has 4 aliphatic rings. The molecular formula is C63H61N3O4. The Bertz CT molecular complexity index is 3850. The number of anilines is 2. The first kappa shape index (κ1) is 43.2. The summed E-state index contributed by atoms with van der Waals surface area (Å²) in [4.78, 5) is 33.1. The van der Waals surface area contributed by atoms with Crippen molar-refractivity contribution in [3.8, 4) is 44.5 Å². The average molecular weight is 924 g/mol. The predicted octanol–water partition coefficient (Wildman–Crippen LogP) is 14.6.